The first kappa shape index (κ1) is 18.2. The number of hydrogen-bond acceptors (Lipinski definition) is 3. The molecule has 3 N–H and O–H groups in total. The maximum Gasteiger partial charge on any atom is 0.254 e. The van der Waals surface area contributed by atoms with Crippen molar-refractivity contribution in [2.24, 2.45) is 5.73 Å². The lowest BCUT2D eigenvalue weighted by atomic mass is 10.2. The molecule has 2 aromatic rings. The van der Waals surface area contributed by atoms with Crippen molar-refractivity contribution in [3.05, 3.63) is 53.3 Å². The van der Waals surface area contributed by atoms with Crippen LogP contribution in [0.15, 0.2) is 36.5 Å². The highest BCUT2D eigenvalue weighted by atomic mass is 35.5. The van der Waals surface area contributed by atoms with Crippen molar-refractivity contribution in [3.8, 4) is 0 Å². The number of hydrogen-bond donors (Lipinski definition) is 2. The van der Waals surface area contributed by atoms with Crippen molar-refractivity contribution in [1.29, 1.82) is 0 Å². The molecule has 22 heavy (non-hydrogen) atoms. The van der Waals surface area contributed by atoms with Crippen molar-refractivity contribution in [1.82, 2.24) is 15.1 Å². The van der Waals surface area contributed by atoms with E-state index in [1.54, 1.807) is 6.20 Å². The first-order valence-corrected chi connectivity index (χ1v) is 7.27. The lowest BCUT2D eigenvalue weighted by molar-refractivity contribution is 0.0952. The summed E-state index contributed by atoms with van der Waals surface area (Å²) in [5.74, 6) is -0.0659. The van der Waals surface area contributed by atoms with Crippen LogP contribution in [0.25, 0.3) is 0 Å². The largest absolute Gasteiger partial charge is 0.352 e. The molecule has 0 aliphatic rings. The zero-order chi connectivity index (χ0) is 15.1. The van der Waals surface area contributed by atoms with E-state index in [-0.39, 0.29) is 18.3 Å². The summed E-state index contributed by atoms with van der Waals surface area (Å²) in [5, 5.41) is 7.22. The average Bonchev–Trinajstić information content (AvgIpc) is 2.86. The molecule has 2 rings (SSSR count). The van der Waals surface area contributed by atoms with Gasteiger partial charge in [0.2, 0.25) is 0 Å². The zero-order valence-electron chi connectivity index (χ0n) is 12.8. The summed E-state index contributed by atoms with van der Waals surface area (Å²) in [6, 6.07) is 10.1. The first-order valence-electron chi connectivity index (χ1n) is 7.27. The number of nitrogens with two attached hydrogens (primary N) is 1. The van der Waals surface area contributed by atoms with E-state index in [1.165, 1.54) is 5.56 Å². The number of carbonyl (C=O) groups excluding carboxylic acids is 1. The Labute approximate surface area is 137 Å². The van der Waals surface area contributed by atoms with Gasteiger partial charge in [-0.3, -0.25) is 9.48 Å². The van der Waals surface area contributed by atoms with Crippen LogP contribution >= 0.6 is 12.4 Å². The Balaban J connectivity index is 0.00000242. The number of nitrogens with zero attached hydrogens (tertiary/aromatic N) is 2. The Bertz CT molecular complexity index is 583. The number of aromatic nitrogens is 2. The minimum Gasteiger partial charge on any atom is -0.352 e. The fourth-order valence-corrected chi connectivity index (χ4v) is 2.15. The molecule has 0 radical (unpaired) electrons. The SMILES string of the molecule is Cc1c(C(=O)NCCCCN)cnn1Cc1ccccc1.Cl. The van der Waals surface area contributed by atoms with Gasteiger partial charge in [-0.25, -0.2) is 0 Å². The second-order valence-corrected chi connectivity index (χ2v) is 5.04. The van der Waals surface area contributed by atoms with Crippen molar-refractivity contribution in [2.45, 2.75) is 26.3 Å². The number of unbranched alkanes of at least 4 members (excludes halogenated alkanes) is 1. The molecular weight excluding hydrogens is 300 g/mol. The Morgan fingerprint density at radius 3 is 2.68 bits per heavy atom. The Morgan fingerprint density at radius 1 is 1.27 bits per heavy atom. The van der Waals surface area contributed by atoms with Gasteiger partial charge < -0.3 is 11.1 Å². The van der Waals surface area contributed by atoms with Crippen LogP contribution in [0.4, 0.5) is 0 Å². The second kappa shape index (κ2) is 9.23. The van der Waals surface area contributed by atoms with Crippen LogP contribution in [0, 0.1) is 6.92 Å². The van der Waals surface area contributed by atoms with Gasteiger partial charge >= 0.3 is 0 Å². The van der Waals surface area contributed by atoms with E-state index >= 15 is 0 Å². The van der Waals surface area contributed by atoms with E-state index in [2.05, 4.69) is 10.4 Å². The normalized spacial score (nSPS) is 10.1. The fourth-order valence-electron chi connectivity index (χ4n) is 2.15. The molecule has 0 aliphatic heterocycles. The van der Waals surface area contributed by atoms with E-state index < -0.39 is 0 Å². The van der Waals surface area contributed by atoms with Gasteiger partial charge in [-0.2, -0.15) is 5.10 Å². The number of halogens is 1. The summed E-state index contributed by atoms with van der Waals surface area (Å²) in [5.41, 5.74) is 8.12. The van der Waals surface area contributed by atoms with E-state index in [0.29, 0.717) is 25.2 Å². The number of amides is 1. The number of carbonyl (C=O) groups is 1. The lowest BCUT2D eigenvalue weighted by Crippen LogP contribution is -2.25. The van der Waals surface area contributed by atoms with Gasteiger partial charge in [0.15, 0.2) is 0 Å². The van der Waals surface area contributed by atoms with Gasteiger partial charge in [-0.05, 0) is 31.9 Å². The van der Waals surface area contributed by atoms with Crippen LogP contribution in [0.3, 0.4) is 0 Å². The zero-order valence-corrected chi connectivity index (χ0v) is 13.6. The predicted molar refractivity (Wildman–Crippen MR) is 90.4 cm³/mol. The molecule has 5 nitrogen and oxygen atoms in total. The highest BCUT2D eigenvalue weighted by Gasteiger charge is 2.13. The predicted octanol–water partition coefficient (Wildman–Crippen LogP) is 2.13. The molecule has 0 atom stereocenters. The highest BCUT2D eigenvalue weighted by molar-refractivity contribution is 5.95. The monoisotopic (exact) mass is 322 g/mol. The first-order chi connectivity index (χ1) is 10.2. The summed E-state index contributed by atoms with van der Waals surface area (Å²) in [7, 11) is 0. The lowest BCUT2D eigenvalue weighted by Gasteiger charge is -2.06. The van der Waals surface area contributed by atoms with Gasteiger partial charge in [-0.1, -0.05) is 30.3 Å². The van der Waals surface area contributed by atoms with Crippen molar-refractivity contribution >= 4 is 18.3 Å². The van der Waals surface area contributed by atoms with Crippen LogP contribution in [0.5, 0.6) is 0 Å². The van der Waals surface area contributed by atoms with E-state index in [4.69, 9.17) is 5.73 Å². The number of rotatable bonds is 7. The molecule has 1 amide bonds. The quantitative estimate of drug-likeness (QED) is 0.767. The van der Waals surface area contributed by atoms with Crippen LogP contribution in [0.2, 0.25) is 0 Å². The molecule has 0 saturated heterocycles. The van der Waals surface area contributed by atoms with Crippen molar-refractivity contribution < 1.29 is 4.79 Å². The van der Waals surface area contributed by atoms with Crippen molar-refractivity contribution in [2.75, 3.05) is 13.1 Å². The maximum absolute atomic E-state index is 12.1. The summed E-state index contributed by atoms with van der Waals surface area (Å²) in [6.45, 7) is 3.90. The number of nitrogens with one attached hydrogen (secondary N) is 1. The van der Waals surface area contributed by atoms with E-state index in [1.807, 2.05) is 41.9 Å². The molecule has 0 aliphatic carbocycles. The molecule has 1 aromatic heterocycles. The fraction of sp³-hybridized carbons (Fsp3) is 0.375. The van der Waals surface area contributed by atoms with Crippen LogP contribution in [0.1, 0.15) is 34.5 Å². The Kier molecular flexibility index (Phi) is 7.63. The van der Waals surface area contributed by atoms with Gasteiger partial charge in [0.1, 0.15) is 0 Å². The standard InChI is InChI=1S/C16H22N4O.ClH/c1-13-15(16(21)18-10-6-5-9-17)11-19-20(13)12-14-7-3-2-4-8-14;/h2-4,7-8,11H,5-6,9-10,12,17H2,1H3,(H,18,21);1H. The molecule has 0 unspecified atom stereocenters. The Morgan fingerprint density at radius 2 is 2.00 bits per heavy atom. The molecule has 6 heteroatoms. The third-order valence-electron chi connectivity index (χ3n) is 3.44. The average molecular weight is 323 g/mol. The van der Waals surface area contributed by atoms with Crippen molar-refractivity contribution in [3.63, 3.8) is 0 Å². The van der Waals surface area contributed by atoms with Crippen LogP contribution in [-0.4, -0.2) is 28.8 Å². The second-order valence-electron chi connectivity index (χ2n) is 5.04. The smallest absolute Gasteiger partial charge is 0.254 e. The van der Waals surface area contributed by atoms with Crippen LogP contribution < -0.4 is 11.1 Å². The minimum absolute atomic E-state index is 0. The molecule has 120 valence electrons. The van der Waals surface area contributed by atoms with Gasteiger partial charge in [0, 0.05) is 12.2 Å². The summed E-state index contributed by atoms with van der Waals surface area (Å²) >= 11 is 0. The third-order valence-corrected chi connectivity index (χ3v) is 3.44. The molecule has 1 heterocycles. The molecule has 0 spiro atoms. The summed E-state index contributed by atoms with van der Waals surface area (Å²) in [6.07, 6.45) is 3.46. The Hall–Kier alpha value is -1.85. The summed E-state index contributed by atoms with van der Waals surface area (Å²) in [4.78, 5) is 12.1. The summed E-state index contributed by atoms with van der Waals surface area (Å²) < 4.78 is 1.85. The van der Waals surface area contributed by atoms with E-state index in [0.717, 1.165) is 18.5 Å². The van der Waals surface area contributed by atoms with Gasteiger partial charge in [0.25, 0.3) is 5.91 Å². The molecule has 0 fully saturated rings. The molecule has 0 bridgehead atoms. The minimum atomic E-state index is -0.0659. The topological polar surface area (TPSA) is 72.9 Å². The molecule has 0 saturated carbocycles. The van der Waals surface area contributed by atoms with Gasteiger partial charge in [0.05, 0.1) is 18.3 Å². The maximum atomic E-state index is 12.1. The molecular formula is C16H23ClN4O. The van der Waals surface area contributed by atoms with Crippen LogP contribution in [-0.2, 0) is 6.54 Å². The molecule has 1 aromatic carbocycles. The van der Waals surface area contributed by atoms with E-state index in [9.17, 15) is 4.79 Å². The van der Waals surface area contributed by atoms with Gasteiger partial charge in [-0.15, -0.1) is 12.4 Å². The number of benzene rings is 1. The highest BCUT2D eigenvalue weighted by Crippen LogP contribution is 2.10. The third kappa shape index (κ3) is 4.86.